The third-order valence-corrected chi connectivity index (χ3v) is 5.25. The minimum atomic E-state index is -0.992. The monoisotopic (exact) mass is 364 g/mol. The van der Waals surface area contributed by atoms with Gasteiger partial charge in [-0.25, -0.2) is 9.37 Å². The molecule has 5 nitrogen and oxygen atoms in total. The van der Waals surface area contributed by atoms with Crippen LogP contribution >= 0.6 is 0 Å². The molecule has 0 fully saturated rings. The highest BCUT2D eigenvalue weighted by Gasteiger charge is 2.31. The van der Waals surface area contributed by atoms with Crippen molar-refractivity contribution in [3.8, 4) is 11.3 Å². The number of aliphatic hydroxyl groups is 2. The van der Waals surface area contributed by atoms with Crippen molar-refractivity contribution >= 4 is 11.0 Å². The van der Waals surface area contributed by atoms with Gasteiger partial charge in [0.2, 0.25) is 0 Å². The summed E-state index contributed by atoms with van der Waals surface area (Å²) in [5.41, 5.74) is 3.77. The number of benzene rings is 2. The van der Waals surface area contributed by atoms with E-state index in [4.69, 9.17) is 4.42 Å². The van der Waals surface area contributed by atoms with Crippen LogP contribution in [0.15, 0.2) is 59.4 Å². The van der Waals surface area contributed by atoms with Crippen LogP contribution in [0.25, 0.3) is 22.2 Å². The van der Waals surface area contributed by atoms with Crippen LogP contribution in [0.1, 0.15) is 35.5 Å². The lowest BCUT2D eigenvalue weighted by molar-refractivity contribution is 0.149. The number of furan rings is 1. The summed E-state index contributed by atoms with van der Waals surface area (Å²) in [6.07, 6.45) is 2.89. The van der Waals surface area contributed by atoms with Crippen molar-refractivity contribution in [3.05, 3.63) is 77.7 Å². The van der Waals surface area contributed by atoms with Gasteiger partial charge in [0.25, 0.3) is 0 Å². The summed E-state index contributed by atoms with van der Waals surface area (Å²) in [7, 11) is 0. The average molecular weight is 364 g/mol. The topological polar surface area (TPSA) is 71.4 Å². The number of fused-ring (bicyclic) bond motifs is 4. The van der Waals surface area contributed by atoms with Crippen LogP contribution in [0.5, 0.6) is 0 Å². The molecule has 2 N–H and O–H groups in total. The molecule has 6 heteroatoms. The number of aromatic nitrogens is 2. The maximum Gasteiger partial charge on any atom is 0.137 e. The van der Waals surface area contributed by atoms with Gasteiger partial charge in [-0.3, -0.25) is 0 Å². The molecule has 0 radical (unpaired) electrons. The van der Waals surface area contributed by atoms with E-state index >= 15 is 0 Å². The fraction of sp³-hybridized carbons (Fsp3) is 0.190. The van der Waals surface area contributed by atoms with Gasteiger partial charge in [0.1, 0.15) is 23.8 Å². The second-order valence-electron chi connectivity index (χ2n) is 6.82. The summed E-state index contributed by atoms with van der Waals surface area (Å²) in [4.78, 5) is 4.21. The molecule has 2 atom stereocenters. The molecule has 2 aromatic heterocycles. The Morgan fingerprint density at radius 3 is 2.93 bits per heavy atom. The third-order valence-electron chi connectivity index (χ3n) is 5.25. The zero-order valence-corrected chi connectivity index (χ0v) is 14.3. The van der Waals surface area contributed by atoms with Crippen molar-refractivity contribution in [2.24, 2.45) is 0 Å². The molecule has 136 valence electrons. The van der Waals surface area contributed by atoms with Crippen molar-refractivity contribution in [2.45, 2.75) is 25.2 Å². The zero-order valence-electron chi connectivity index (χ0n) is 14.3. The molecule has 5 rings (SSSR count). The van der Waals surface area contributed by atoms with Crippen LogP contribution < -0.4 is 0 Å². The summed E-state index contributed by atoms with van der Waals surface area (Å²) in [5.74, 6) is -0.158. The molecule has 2 aromatic carbocycles. The van der Waals surface area contributed by atoms with E-state index in [1.165, 1.54) is 6.07 Å². The molecule has 0 bridgehead atoms. The predicted molar refractivity (Wildman–Crippen MR) is 97.5 cm³/mol. The number of aliphatic hydroxyl groups excluding tert-OH is 2. The maximum atomic E-state index is 14.6. The van der Waals surface area contributed by atoms with Crippen LogP contribution in [0.3, 0.4) is 0 Å². The highest BCUT2D eigenvalue weighted by atomic mass is 19.1. The number of nitrogens with zero attached hydrogens (tertiary/aromatic N) is 2. The van der Waals surface area contributed by atoms with Crippen LogP contribution in [-0.4, -0.2) is 19.8 Å². The predicted octanol–water partition coefficient (Wildman–Crippen LogP) is 3.95. The number of hydrogen-bond acceptors (Lipinski definition) is 4. The van der Waals surface area contributed by atoms with E-state index < -0.39 is 11.9 Å². The molecule has 0 amide bonds. The number of hydrogen-bond donors (Lipinski definition) is 2. The Balaban J connectivity index is 1.51. The largest absolute Gasteiger partial charge is 0.459 e. The molecular formula is C21H17FN2O3. The van der Waals surface area contributed by atoms with Crippen LogP contribution in [0, 0.1) is 5.82 Å². The highest BCUT2D eigenvalue weighted by Crippen LogP contribution is 2.43. The molecule has 3 heterocycles. The summed E-state index contributed by atoms with van der Waals surface area (Å²) in [6.45, 7) is -0.254. The van der Waals surface area contributed by atoms with Crippen LogP contribution in [-0.2, 0) is 6.61 Å². The molecule has 0 saturated carbocycles. The molecule has 1 aliphatic heterocycles. The van der Waals surface area contributed by atoms with Crippen molar-refractivity contribution in [2.75, 3.05) is 0 Å². The van der Waals surface area contributed by atoms with Crippen molar-refractivity contribution in [1.29, 1.82) is 0 Å². The van der Waals surface area contributed by atoms with Gasteiger partial charge in [-0.15, -0.1) is 0 Å². The van der Waals surface area contributed by atoms with E-state index in [0.717, 1.165) is 16.8 Å². The molecular weight excluding hydrogens is 347 g/mol. The lowest BCUT2D eigenvalue weighted by Crippen LogP contribution is -2.11. The second-order valence-corrected chi connectivity index (χ2v) is 6.82. The smallest absolute Gasteiger partial charge is 0.137 e. The maximum absolute atomic E-state index is 14.6. The van der Waals surface area contributed by atoms with Gasteiger partial charge < -0.3 is 19.2 Å². The Bertz CT molecular complexity index is 1150. The number of imidazole rings is 1. The number of halogens is 1. The minimum absolute atomic E-state index is 0.110. The SMILES string of the molecule is OCc1cc2cc([C@H](O)C[C@@H]3c4ccccc4-c4cncn43)c(F)cc2o1. The van der Waals surface area contributed by atoms with Gasteiger partial charge in [-0.2, -0.15) is 0 Å². The lowest BCUT2D eigenvalue weighted by Gasteiger charge is -2.19. The lowest BCUT2D eigenvalue weighted by atomic mass is 9.95. The van der Waals surface area contributed by atoms with Gasteiger partial charge in [-0.05, 0) is 17.7 Å². The van der Waals surface area contributed by atoms with E-state index in [1.807, 2.05) is 28.8 Å². The van der Waals surface area contributed by atoms with Crippen LogP contribution in [0.4, 0.5) is 4.39 Å². The normalized spacial score (nSPS) is 16.5. The van der Waals surface area contributed by atoms with Gasteiger partial charge >= 0.3 is 0 Å². The van der Waals surface area contributed by atoms with E-state index in [1.54, 1.807) is 24.7 Å². The Morgan fingerprint density at radius 1 is 1.22 bits per heavy atom. The Hall–Kier alpha value is -2.96. The summed E-state index contributed by atoms with van der Waals surface area (Å²) < 4.78 is 22.0. The molecule has 0 spiro atoms. The first kappa shape index (κ1) is 16.2. The van der Waals surface area contributed by atoms with Crippen molar-refractivity contribution < 1.29 is 19.0 Å². The van der Waals surface area contributed by atoms with E-state index in [0.29, 0.717) is 23.2 Å². The first-order valence-corrected chi connectivity index (χ1v) is 8.77. The average Bonchev–Trinajstić information content (AvgIpc) is 3.36. The van der Waals surface area contributed by atoms with Crippen LogP contribution in [0.2, 0.25) is 0 Å². The Morgan fingerprint density at radius 2 is 2.07 bits per heavy atom. The minimum Gasteiger partial charge on any atom is -0.459 e. The first-order valence-electron chi connectivity index (χ1n) is 8.77. The fourth-order valence-electron chi connectivity index (χ4n) is 3.98. The summed E-state index contributed by atoms with van der Waals surface area (Å²) >= 11 is 0. The summed E-state index contributed by atoms with van der Waals surface area (Å²) in [6, 6.07) is 12.4. The fourth-order valence-corrected chi connectivity index (χ4v) is 3.98. The molecule has 0 saturated heterocycles. The first-order chi connectivity index (χ1) is 13.2. The molecule has 4 aromatic rings. The van der Waals surface area contributed by atoms with E-state index in [9.17, 15) is 14.6 Å². The van der Waals surface area contributed by atoms with Gasteiger partial charge in [-0.1, -0.05) is 24.3 Å². The summed E-state index contributed by atoms with van der Waals surface area (Å²) in [5, 5.41) is 20.7. The standard InChI is InChI=1S/C21H17FN2O3/c22-17-7-21-12(5-13(10-25)27-21)6-16(17)20(26)8-18-14-3-1-2-4-15(14)19-9-23-11-24(18)19/h1-7,9,11,18,20,25-26H,8,10H2/t18-,20-/m1/s1. The molecule has 1 aliphatic rings. The van der Waals surface area contributed by atoms with E-state index in [-0.39, 0.29) is 18.2 Å². The molecule has 0 unspecified atom stereocenters. The Kier molecular flexibility index (Phi) is 3.63. The molecule has 27 heavy (non-hydrogen) atoms. The van der Waals surface area contributed by atoms with Gasteiger partial charge in [0.15, 0.2) is 0 Å². The van der Waals surface area contributed by atoms with E-state index in [2.05, 4.69) is 4.98 Å². The number of rotatable bonds is 4. The quantitative estimate of drug-likeness (QED) is 0.575. The van der Waals surface area contributed by atoms with Gasteiger partial charge in [0.05, 0.1) is 30.4 Å². The van der Waals surface area contributed by atoms with Crippen molar-refractivity contribution in [3.63, 3.8) is 0 Å². The van der Waals surface area contributed by atoms with Crippen molar-refractivity contribution in [1.82, 2.24) is 9.55 Å². The second kappa shape index (κ2) is 6.04. The molecule has 0 aliphatic carbocycles. The Labute approximate surface area is 154 Å². The van der Waals surface area contributed by atoms with Gasteiger partial charge in [0, 0.05) is 29.0 Å². The third kappa shape index (κ3) is 2.49. The highest BCUT2D eigenvalue weighted by molar-refractivity contribution is 5.79. The zero-order chi connectivity index (χ0) is 18.5.